The first-order valence-electron chi connectivity index (χ1n) is 8.89. The lowest BCUT2D eigenvalue weighted by molar-refractivity contribution is 0.0954. The summed E-state index contributed by atoms with van der Waals surface area (Å²) in [7, 11) is -3.70. The zero-order chi connectivity index (χ0) is 21.2. The largest absolute Gasteiger partial charge is 0.352 e. The Labute approximate surface area is 174 Å². The van der Waals surface area contributed by atoms with Crippen molar-refractivity contribution in [1.82, 2.24) is 15.1 Å². The average Bonchev–Trinajstić information content (AvgIpc) is 2.95. The molecule has 0 spiro atoms. The standard InChI is InChI=1S/C20H21ClN4O3S/c1-13-19(21)14(2)25(24-13)17-7-5-16(6-8-17)20(26)23-12-11-15-3-9-18(10-4-15)29(22,27)28/h3-10H,11-12H2,1-2H3,(H,23,26)(H2,22,27,28). The van der Waals surface area contributed by atoms with Gasteiger partial charge in [-0.15, -0.1) is 0 Å². The number of primary sulfonamides is 1. The van der Waals surface area contributed by atoms with Gasteiger partial charge >= 0.3 is 0 Å². The number of hydrogen-bond acceptors (Lipinski definition) is 4. The summed E-state index contributed by atoms with van der Waals surface area (Å²) in [6.07, 6.45) is 0.568. The number of halogens is 1. The molecule has 0 fully saturated rings. The fourth-order valence-electron chi connectivity index (χ4n) is 2.90. The number of sulfonamides is 1. The first kappa shape index (κ1) is 21.0. The fourth-order valence-corrected chi connectivity index (χ4v) is 3.53. The van der Waals surface area contributed by atoms with Gasteiger partial charge in [0.2, 0.25) is 10.0 Å². The van der Waals surface area contributed by atoms with Gasteiger partial charge in [-0.3, -0.25) is 4.79 Å². The van der Waals surface area contributed by atoms with Crippen LogP contribution in [0.2, 0.25) is 5.02 Å². The van der Waals surface area contributed by atoms with E-state index in [1.807, 2.05) is 26.0 Å². The Bertz CT molecular complexity index is 1140. The summed E-state index contributed by atoms with van der Waals surface area (Å²) < 4.78 is 24.3. The normalized spacial score (nSPS) is 11.4. The van der Waals surface area contributed by atoms with Gasteiger partial charge in [-0.2, -0.15) is 5.10 Å². The number of hydrogen-bond donors (Lipinski definition) is 2. The van der Waals surface area contributed by atoms with E-state index < -0.39 is 10.0 Å². The molecular weight excluding hydrogens is 412 g/mol. The third-order valence-electron chi connectivity index (χ3n) is 4.53. The molecule has 7 nitrogen and oxygen atoms in total. The summed E-state index contributed by atoms with van der Waals surface area (Å²) in [5.74, 6) is -0.191. The Kier molecular flexibility index (Phi) is 6.07. The summed E-state index contributed by atoms with van der Waals surface area (Å²) in [4.78, 5) is 12.4. The number of aromatic nitrogens is 2. The molecule has 0 saturated carbocycles. The third-order valence-corrected chi connectivity index (χ3v) is 6.00. The number of benzene rings is 2. The Morgan fingerprint density at radius 1 is 1.10 bits per heavy atom. The van der Waals surface area contributed by atoms with Crippen molar-refractivity contribution < 1.29 is 13.2 Å². The minimum Gasteiger partial charge on any atom is -0.352 e. The maximum Gasteiger partial charge on any atom is 0.251 e. The van der Waals surface area contributed by atoms with E-state index in [9.17, 15) is 13.2 Å². The van der Waals surface area contributed by atoms with Gasteiger partial charge in [0.1, 0.15) is 0 Å². The van der Waals surface area contributed by atoms with Crippen LogP contribution in [0.4, 0.5) is 0 Å². The van der Waals surface area contributed by atoms with Gasteiger partial charge in [0.25, 0.3) is 5.91 Å². The van der Waals surface area contributed by atoms with Crippen molar-refractivity contribution in [2.45, 2.75) is 25.2 Å². The fraction of sp³-hybridized carbons (Fsp3) is 0.200. The first-order chi connectivity index (χ1) is 13.7. The quantitative estimate of drug-likeness (QED) is 0.624. The van der Waals surface area contributed by atoms with Crippen LogP contribution < -0.4 is 10.5 Å². The molecule has 0 aliphatic heterocycles. The number of aryl methyl sites for hydroxylation is 1. The predicted molar refractivity (Wildman–Crippen MR) is 112 cm³/mol. The second kappa shape index (κ2) is 8.36. The highest BCUT2D eigenvalue weighted by Gasteiger charge is 2.12. The molecule has 0 radical (unpaired) electrons. The second-order valence-electron chi connectivity index (χ2n) is 6.64. The van der Waals surface area contributed by atoms with Gasteiger partial charge < -0.3 is 5.32 Å². The third kappa shape index (κ3) is 4.84. The Morgan fingerprint density at radius 2 is 1.72 bits per heavy atom. The van der Waals surface area contributed by atoms with Crippen molar-refractivity contribution in [1.29, 1.82) is 0 Å². The SMILES string of the molecule is Cc1nn(-c2ccc(C(=O)NCCc3ccc(S(N)(=O)=O)cc3)cc2)c(C)c1Cl. The monoisotopic (exact) mass is 432 g/mol. The topological polar surface area (TPSA) is 107 Å². The molecule has 0 bridgehead atoms. The predicted octanol–water partition coefficient (Wildman–Crippen LogP) is 2.76. The molecule has 0 saturated heterocycles. The van der Waals surface area contributed by atoms with E-state index in [0.717, 1.165) is 22.6 Å². The summed E-state index contributed by atoms with van der Waals surface area (Å²) >= 11 is 6.19. The molecule has 3 rings (SSSR count). The van der Waals surface area contributed by atoms with Crippen molar-refractivity contribution in [2.24, 2.45) is 5.14 Å². The molecule has 9 heteroatoms. The lowest BCUT2D eigenvalue weighted by atomic mass is 10.1. The molecule has 3 N–H and O–H groups in total. The van der Waals surface area contributed by atoms with Crippen LogP contribution in [0.3, 0.4) is 0 Å². The molecule has 0 atom stereocenters. The van der Waals surface area contributed by atoms with Crippen LogP contribution in [0.5, 0.6) is 0 Å². The van der Waals surface area contributed by atoms with Crippen LogP contribution in [0, 0.1) is 13.8 Å². The van der Waals surface area contributed by atoms with E-state index in [1.165, 1.54) is 12.1 Å². The van der Waals surface area contributed by atoms with Gasteiger partial charge in [0.15, 0.2) is 0 Å². The lowest BCUT2D eigenvalue weighted by Gasteiger charge is -2.08. The summed E-state index contributed by atoms with van der Waals surface area (Å²) in [6, 6.07) is 13.4. The number of nitrogens with two attached hydrogens (primary N) is 1. The van der Waals surface area contributed by atoms with Crippen molar-refractivity contribution in [2.75, 3.05) is 6.54 Å². The van der Waals surface area contributed by atoms with E-state index in [-0.39, 0.29) is 10.8 Å². The molecule has 1 amide bonds. The van der Waals surface area contributed by atoms with E-state index in [4.69, 9.17) is 16.7 Å². The summed E-state index contributed by atoms with van der Waals surface area (Å²) in [6.45, 7) is 4.15. The van der Waals surface area contributed by atoms with Gasteiger partial charge in [-0.25, -0.2) is 18.2 Å². The summed E-state index contributed by atoms with van der Waals surface area (Å²) in [5, 5.41) is 13.0. The molecule has 0 unspecified atom stereocenters. The molecule has 1 aromatic heterocycles. The zero-order valence-corrected chi connectivity index (χ0v) is 17.6. The molecule has 29 heavy (non-hydrogen) atoms. The zero-order valence-electron chi connectivity index (χ0n) is 16.0. The van der Waals surface area contributed by atoms with Crippen molar-refractivity contribution in [3.05, 3.63) is 76.1 Å². The van der Waals surface area contributed by atoms with Gasteiger partial charge in [-0.05, 0) is 62.2 Å². The van der Waals surface area contributed by atoms with Crippen LogP contribution in [0.15, 0.2) is 53.4 Å². The van der Waals surface area contributed by atoms with Crippen molar-refractivity contribution in [3.8, 4) is 5.69 Å². The second-order valence-corrected chi connectivity index (χ2v) is 8.58. The van der Waals surface area contributed by atoms with Gasteiger partial charge in [0.05, 0.1) is 27.0 Å². The molecule has 2 aromatic carbocycles. The van der Waals surface area contributed by atoms with E-state index in [0.29, 0.717) is 23.6 Å². The van der Waals surface area contributed by atoms with E-state index >= 15 is 0 Å². The molecular formula is C20H21ClN4O3S. The highest BCUT2D eigenvalue weighted by molar-refractivity contribution is 7.89. The van der Waals surface area contributed by atoms with E-state index in [1.54, 1.807) is 28.9 Å². The Morgan fingerprint density at radius 3 is 2.24 bits per heavy atom. The number of nitrogens with zero attached hydrogens (tertiary/aromatic N) is 2. The number of rotatable bonds is 6. The lowest BCUT2D eigenvalue weighted by Crippen LogP contribution is -2.25. The van der Waals surface area contributed by atoms with Gasteiger partial charge in [-0.1, -0.05) is 23.7 Å². The minimum absolute atomic E-state index is 0.0641. The van der Waals surface area contributed by atoms with Crippen LogP contribution in [0.25, 0.3) is 5.69 Å². The molecule has 1 heterocycles. The maximum absolute atomic E-state index is 12.3. The minimum atomic E-state index is -3.70. The number of carbonyl (C=O) groups is 1. The Hall–Kier alpha value is -2.68. The molecule has 3 aromatic rings. The van der Waals surface area contributed by atoms with E-state index in [2.05, 4.69) is 10.4 Å². The highest BCUT2D eigenvalue weighted by atomic mass is 35.5. The van der Waals surface area contributed by atoms with Gasteiger partial charge in [0, 0.05) is 12.1 Å². The van der Waals surface area contributed by atoms with Crippen LogP contribution >= 0.6 is 11.6 Å². The highest BCUT2D eigenvalue weighted by Crippen LogP contribution is 2.22. The van der Waals surface area contributed by atoms with Crippen LogP contribution in [-0.4, -0.2) is 30.7 Å². The maximum atomic E-state index is 12.3. The Balaban J connectivity index is 1.59. The smallest absolute Gasteiger partial charge is 0.251 e. The average molecular weight is 433 g/mol. The van der Waals surface area contributed by atoms with Crippen molar-refractivity contribution in [3.63, 3.8) is 0 Å². The molecule has 0 aliphatic carbocycles. The van der Waals surface area contributed by atoms with Crippen LogP contribution in [-0.2, 0) is 16.4 Å². The number of carbonyl (C=O) groups excluding carboxylic acids is 1. The number of amides is 1. The number of nitrogens with one attached hydrogen (secondary N) is 1. The molecule has 152 valence electrons. The van der Waals surface area contributed by atoms with Crippen molar-refractivity contribution >= 4 is 27.5 Å². The first-order valence-corrected chi connectivity index (χ1v) is 10.8. The summed E-state index contributed by atoms with van der Waals surface area (Å²) in [5.41, 5.74) is 3.85. The molecule has 0 aliphatic rings. The van der Waals surface area contributed by atoms with Crippen LogP contribution in [0.1, 0.15) is 27.3 Å².